The molecule has 0 fully saturated rings. The first kappa shape index (κ1) is 12.6. The number of hydrogen-bond donors (Lipinski definition) is 1. The zero-order chi connectivity index (χ0) is 12.0. The van der Waals surface area contributed by atoms with E-state index in [1.807, 2.05) is 18.3 Å². The van der Waals surface area contributed by atoms with Crippen LogP contribution in [0.1, 0.15) is 25.8 Å². The number of aromatic nitrogens is 1. The summed E-state index contributed by atoms with van der Waals surface area (Å²) >= 11 is 0. The molecule has 1 rings (SSSR count). The molecule has 0 saturated heterocycles. The minimum atomic E-state index is -0.753. The first-order valence-corrected chi connectivity index (χ1v) is 5.44. The summed E-state index contributed by atoms with van der Waals surface area (Å²) in [6.45, 7) is 5.46. The van der Waals surface area contributed by atoms with Crippen molar-refractivity contribution in [1.82, 2.24) is 9.88 Å². The molecule has 0 aliphatic rings. The fraction of sp³-hybridized carbons (Fsp3) is 0.500. The van der Waals surface area contributed by atoms with Crippen molar-refractivity contribution < 1.29 is 9.90 Å². The van der Waals surface area contributed by atoms with Gasteiger partial charge in [-0.15, -0.1) is 0 Å². The lowest BCUT2D eigenvalue weighted by Crippen LogP contribution is -2.32. The molecule has 0 unspecified atom stereocenters. The molecule has 4 heteroatoms. The van der Waals surface area contributed by atoms with Crippen LogP contribution in [0, 0.1) is 0 Å². The van der Waals surface area contributed by atoms with Gasteiger partial charge in [0.2, 0.25) is 0 Å². The molecule has 0 spiro atoms. The quantitative estimate of drug-likeness (QED) is 0.797. The molecule has 4 nitrogen and oxygen atoms in total. The van der Waals surface area contributed by atoms with Crippen LogP contribution in [0.3, 0.4) is 0 Å². The van der Waals surface area contributed by atoms with Crippen molar-refractivity contribution >= 4 is 5.97 Å². The van der Waals surface area contributed by atoms with E-state index < -0.39 is 5.97 Å². The predicted molar refractivity (Wildman–Crippen MR) is 62.0 cm³/mol. The van der Waals surface area contributed by atoms with Crippen LogP contribution in [-0.2, 0) is 11.3 Å². The molecule has 0 aliphatic carbocycles. The van der Waals surface area contributed by atoms with Crippen LogP contribution in [-0.4, -0.2) is 33.5 Å². The van der Waals surface area contributed by atoms with Gasteiger partial charge in [0.1, 0.15) is 0 Å². The van der Waals surface area contributed by atoms with Gasteiger partial charge in [-0.2, -0.15) is 0 Å². The minimum absolute atomic E-state index is 0.179. The number of carbonyl (C=O) groups is 1. The van der Waals surface area contributed by atoms with Crippen LogP contribution < -0.4 is 0 Å². The number of carboxylic acid groups (broad SMARTS) is 1. The summed E-state index contributed by atoms with van der Waals surface area (Å²) in [6, 6.07) is 4.23. The lowest BCUT2D eigenvalue weighted by Gasteiger charge is -2.25. The van der Waals surface area contributed by atoms with Crippen molar-refractivity contribution in [2.45, 2.75) is 32.9 Å². The Balaban J connectivity index is 2.54. The van der Waals surface area contributed by atoms with Gasteiger partial charge in [-0.05, 0) is 25.5 Å². The average Bonchev–Trinajstić information content (AvgIpc) is 2.25. The highest BCUT2D eigenvalue weighted by molar-refractivity contribution is 5.66. The molecule has 1 aromatic rings. The van der Waals surface area contributed by atoms with E-state index in [4.69, 9.17) is 5.11 Å². The van der Waals surface area contributed by atoms with Gasteiger partial charge >= 0.3 is 5.97 Å². The van der Waals surface area contributed by atoms with Gasteiger partial charge in [-0.1, -0.05) is 6.07 Å². The summed E-state index contributed by atoms with van der Waals surface area (Å²) < 4.78 is 0. The number of nitrogens with zero attached hydrogens (tertiary/aromatic N) is 2. The second kappa shape index (κ2) is 6.23. The first-order chi connectivity index (χ1) is 7.59. The van der Waals surface area contributed by atoms with Gasteiger partial charge < -0.3 is 5.11 Å². The van der Waals surface area contributed by atoms with Crippen molar-refractivity contribution in [3.63, 3.8) is 0 Å². The number of carboxylic acids is 1. The van der Waals surface area contributed by atoms with E-state index in [9.17, 15) is 4.79 Å². The van der Waals surface area contributed by atoms with Crippen LogP contribution in [0.2, 0.25) is 0 Å². The van der Waals surface area contributed by atoms with Gasteiger partial charge in [0.15, 0.2) is 0 Å². The third-order valence-electron chi connectivity index (χ3n) is 2.45. The summed E-state index contributed by atoms with van der Waals surface area (Å²) in [5.74, 6) is -0.753. The van der Waals surface area contributed by atoms with E-state index in [0.29, 0.717) is 12.6 Å². The molecule has 0 bridgehead atoms. The summed E-state index contributed by atoms with van der Waals surface area (Å²) in [7, 11) is 0. The second-order valence-electron chi connectivity index (χ2n) is 4.07. The smallest absolute Gasteiger partial charge is 0.304 e. The topological polar surface area (TPSA) is 53.4 Å². The van der Waals surface area contributed by atoms with E-state index >= 15 is 0 Å². The molecule has 0 atom stereocenters. The highest BCUT2D eigenvalue weighted by Crippen LogP contribution is 2.07. The number of hydrogen-bond acceptors (Lipinski definition) is 3. The summed E-state index contributed by atoms with van der Waals surface area (Å²) in [6.07, 6.45) is 3.73. The van der Waals surface area contributed by atoms with Gasteiger partial charge in [-0.25, -0.2) is 0 Å². The maximum absolute atomic E-state index is 10.5. The normalized spacial score (nSPS) is 11.0. The molecule has 1 N–H and O–H groups in total. The van der Waals surface area contributed by atoms with Crippen LogP contribution in [0.15, 0.2) is 24.5 Å². The molecule has 0 radical (unpaired) electrons. The molecule has 0 amide bonds. The van der Waals surface area contributed by atoms with E-state index in [-0.39, 0.29) is 6.42 Å². The molecule has 0 saturated carbocycles. The Labute approximate surface area is 95.9 Å². The summed E-state index contributed by atoms with van der Waals surface area (Å²) in [4.78, 5) is 16.7. The molecule has 1 aromatic heterocycles. The Hall–Kier alpha value is -1.42. The highest BCUT2D eigenvalue weighted by atomic mass is 16.4. The molecule has 1 heterocycles. The van der Waals surface area contributed by atoms with E-state index in [1.54, 1.807) is 6.20 Å². The van der Waals surface area contributed by atoms with Gasteiger partial charge in [0, 0.05) is 31.5 Å². The third-order valence-corrected chi connectivity index (χ3v) is 2.45. The Morgan fingerprint density at radius 3 is 2.81 bits per heavy atom. The molecular formula is C12H18N2O2. The van der Waals surface area contributed by atoms with Gasteiger partial charge in [-0.3, -0.25) is 14.7 Å². The van der Waals surface area contributed by atoms with Crippen molar-refractivity contribution in [1.29, 1.82) is 0 Å². The Morgan fingerprint density at radius 1 is 1.56 bits per heavy atom. The van der Waals surface area contributed by atoms with Crippen LogP contribution in [0.25, 0.3) is 0 Å². The molecular weight excluding hydrogens is 204 g/mol. The van der Waals surface area contributed by atoms with Crippen molar-refractivity contribution in [3.8, 4) is 0 Å². The molecule has 16 heavy (non-hydrogen) atoms. The Kier molecular flexibility index (Phi) is 4.92. The van der Waals surface area contributed by atoms with Crippen LogP contribution in [0.5, 0.6) is 0 Å². The molecule has 0 aromatic carbocycles. The molecule has 88 valence electrons. The van der Waals surface area contributed by atoms with Crippen LogP contribution >= 0.6 is 0 Å². The Bertz CT molecular complexity index is 325. The highest BCUT2D eigenvalue weighted by Gasteiger charge is 2.11. The summed E-state index contributed by atoms with van der Waals surface area (Å²) in [5.41, 5.74) is 1.11. The van der Waals surface area contributed by atoms with Crippen LogP contribution in [0.4, 0.5) is 0 Å². The average molecular weight is 222 g/mol. The van der Waals surface area contributed by atoms with Crippen molar-refractivity contribution in [3.05, 3.63) is 30.1 Å². The maximum atomic E-state index is 10.5. The molecule has 0 aliphatic heterocycles. The Morgan fingerprint density at radius 2 is 2.31 bits per heavy atom. The lowest BCUT2D eigenvalue weighted by molar-refractivity contribution is -0.137. The van der Waals surface area contributed by atoms with Crippen molar-refractivity contribution in [2.75, 3.05) is 6.54 Å². The first-order valence-electron chi connectivity index (χ1n) is 5.44. The number of rotatable bonds is 6. The third kappa shape index (κ3) is 4.40. The maximum Gasteiger partial charge on any atom is 0.304 e. The SMILES string of the molecule is CC(C)N(CCC(=O)O)Cc1cccnc1. The van der Waals surface area contributed by atoms with Gasteiger partial charge in [0.05, 0.1) is 6.42 Å². The predicted octanol–water partition coefficient (Wildman–Crippen LogP) is 1.77. The van der Waals surface area contributed by atoms with Gasteiger partial charge in [0.25, 0.3) is 0 Å². The monoisotopic (exact) mass is 222 g/mol. The minimum Gasteiger partial charge on any atom is -0.481 e. The largest absolute Gasteiger partial charge is 0.481 e. The summed E-state index contributed by atoms with van der Waals surface area (Å²) in [5, 5.41) is 8.67. The fourth-order valence-corrected chi connectivity index (χ4v) is 1.49. The lowest BCUT2D eigenvalue weighted by atomic mass is 10.2. The zero-order valence-corrected chi connectivity index (χ0v) is 9.76. The fourth-order valence-electron chi connectivity index (χ4n) is 1.49. The van der Waals surface area contributed by atoms with E-state index in [0.717, 1.165) is 12.1 Å². The number of aliphatic carboxylic acids is 1. The standard InChI is InChI=1S/C12H18N2O2/c1-10(2)14(7-5-12(15)16)9-11-4-3-6-13-8-11/h3-4,6,8,10H,5,7,9H2,1-2H3,(H,15,16). The van der Waals surface area contributed by atoms with Crippen molar-refractivity contribution in [2.24, 2.45) is 0 Å². The number of pyridine rings is 1. The van der Waals surface area contributed by atoms with E-state index in [1.165, 1.54) is 0 Å². The van der Waals surface area contributed by atoms with E-state index in [2.05, 4.69) is 23.7 Å². The zero-order valence-electron chi connectivity index (χ0n) is 9.76. The second-order valence-corrected chi connectivity index (χ2v) is 4.07.